The summed E-state index contributed by atoms with van der Waals surface area (Å²) in [7, 11) is 1.59. The van der Waals surface area contributed by atoms with Gasteiger partial charge < -0.3 is 9.47 Å². The maximum Gasteiger partial charge on any atom is 0.271 e. The lowest BCUT2D eigenvalue weighted by Crippen LogP contribution is -2.18. The van der Waals surface area contributed by atoms with Gasteiger partial charge in [0, 0.05) is 5.56 Å². The first-order chi connectivity index (χ1) is 13.7. The minimum atomic E-state index is -0.246. The van der Waals surface area contributed by atoms with E-state index in [1.807, 2.05) is 73.7 Å². The van der Waals surface area contributed by atoms with Gasteiger partial charge in [-0.25, -0.2) is 5.43 Å². The molecule has 0 fully saturated rings. The van der Waals surface area contributed by atoms with Crippen LogP contribution in [-0.2, 0) is 6.61 Å². The molecule has 1 amide bonds. The number of rotatable bonds is 7. The van der Waals surface area contributed by atoms with Gasteiger partial charge in [-0.2, -0.15) is 5.10 Å². The van der Waals surface area contributed by atoms with Gasteiger partial charge in [-0.15, -0.1) is 0 Å². The van der Waals surface area contributed by atoms with Crippen molar-refractivity contribution in [3.8, 4) is 11.5 Å². The summed E-state index contributed by atoms with van der Waals surface area (Å²) in [5.74, 6) is 1.00. The molecule has 0 aliphatic carbocycles. The molecule has 142 valence electrons. The molecule has 3 rings (SSSR count). The van der Waals surface area contributed by atoms with Crippen LogP contribution in [0.5, 0.6) is 11.5 Å². The fourth-order valence-corrected chi connectivity index (χ4v) is 2.67. The molecule has 0 saturated carbocycles. The van der Waals surface area contributed by atoms with Crippen LogP contribution in [0.1, 0.15) is 27.0 Å². The Morgan fingerprint density at radius 1 is 1.00 bits per heavy atom. The predicted octanol–water partition coefficient (Wildman–Crippen LogP) is 4.35. The number of hydrazone groups is 1. The maximum absolute atomic E-state index is 12.2. The van der Waals surface area contributed by atoms with E-state index in [1.54, 1.807) is 19.4 Å². The lowest BCUT2D eigenvalue weighted by Gasteiger charge is -2.11. The summed E-state index contributed by atoms with van der Waals surface area (Å²) < 4.78 is 11.3. The van der Waals surface area contributed by atoms with Gasteiger partial charge in [0.05, 0.1) is 13.3 Å². The third-order valence-corrected chi connectivity index (χ3v) is 4.19. The van der Waals surface area contributed by atoms with E-state index in [4.69, 9.17) is 9.47 Å². The molecule has 3 aromatic rings. The van der Waals surface area contributed by atoms with Crippen molar-refractivity contribution in [3.05, 3.63) is 95.1 Å². The van der Waals surface area contributed by atoms with Gasteiger partial charge in [-0.1, -0.05) is 48.5 Å². The molecule has 1 N–H and O–H groups in total. The largest absolute Gasteiger partial charge is 0.493 e. The Kier molecular flexibility index (Phi) is 6.41. The van der Waals surface area contributed by atoms with Crippen LogP contribution in [0.15, 0.2) is 77.9 Å². The van der Waals surface area contributed by atoms with Crippen LogP contribution < -0.4 is 14.9 Å². The first-order valence-corrected chi connectivity index (χ1v) is 8.91. The molecule has 5 nitrogen and oxygen atoms in total. The van der Waals surface area contributed by atoms with Crippen molar-refractivity contribution in [2.75, 3.05) is 7.11 Å². The number of carbonyl (C=O) groups excluding carboxylic acids is 1. The Bertz CT molecular complexity index is 969. The maximum atomic E-state index is 12.2. The molecule has 0 aliphatic heterocycles. The normalized spacial score (nSPS) is 10.6. The van der Waals surface area contributed by atoms with E-state index in [-0.39, 0.29) is 5.91 Å². The number of benzene rings is 3. The molecule has 0 spiro atoms. The molecule has 0 heterocycles. The Morgan fingerprint density at radius 2 is 1.75 bits per heavy atom. The zero-order valence-corrected chi connectivity index (χ0v) is 15.9. The molecule has 0 unspecified atom stereocenters. The summed E-state index contributed by atoms with van der Waals surface area (Å²) >= 11 is 0. The number of nitrogens with one attached hydrogen (secondary N) is 1. The van der Waals surface area contributed by atoms with Crippen molar-refractivity contribution >= 4 is 12.1 Å². The average Bonchev–Trinajstić information content (AvgIpc) is 2.73. The number of amides is 1. The average molecular weight is 374 g/mol. The summed E-state index contributed by atoms with van der Waals surface area (Å²) in [6.07, 6.45) is 1.57. The van der Waals surface area contributed by atoms with Gasteiger partial charge >= 0.3 is 0 Å². The van der Waals surface area contributed by atoms with Crippen LogP contribution in [-0.4, -0.2) is 19.2 Å². The lowest BCUT2D eigenvalue weighted by molar-refractivity contribution is 0.0954. The van der Waals surface area contributed by atoms with Crippen LogP contribution in [0.3, 0.4) is 0 Å². The molecule has 0 aliphatic rings. The third-order valence-electron chi connectivity index (χ3n) is 4.19. The van der Waals surface area contributed by atoms with E-state index < -0.39 is 0 Å². The molecule has 28 heavy (non-hydrogen) atoms. The highest BCUT2D eigenvalue weighted by Crippen LogP contribution is 2.28. The number of hydrogen-bond donors (Lipinski definition) is 1. The fraction of sp³-hybridized carbons (Fsp3) is 0.130. The highest BCUT2D eigenvalue weighted by Gasteiger charge is 2.07. The predicted molar refractivity (Wildman–Crippen MR) is 110 cm³/mol. The summed E-state index contributed by atoms with van der Waals surface area (Å²) in [5, 5.41) is 4.04. The number of carbonyl (C=O) groups is 1. The van der Waals surface area contributed by atoms with Crippen LogP contribution in [0, 0.1) is 6.92 Å². The zero-order valence-electron chi connectivity index (χ0n) is 15.9. The third kappa shape index (κ3) is 4.98. The van der Waals surface area contributed by atoms with Crippen molar-refractivity contribution in [2.24, 2.45) is 5.10 Å². The molecular formula is C23H22N2O3. The number of aryl methyl sites for hydroxylation is 1. The van der Waals surface area contributed by atoms with Crippen LogP contribution in [0.25, 0.3) is 0 Å². The molecule has 0 saturated heterocycles. The second-order valence-corrected chi connectivity index (χ2v) is 6.20. The van der Waals surface area contributed by atoms with Crippen molar-refractivity contribution < 1.29 is 14.3 Å². The summed E-state index contributed by atoms with van der Waals surface area (Å²) in [6, 6.07) is 22.8. The molecular weight excluding hydrogens is 352 g/mol. The lowest BCUT2D eigenvalue weighted by atomic mass is 10.1. The number of hydrogen-bond acceptors (Lipinski definition) is 4. The highest BCUT2D eigenvalue weighted by molar-refractivity contribution is 5.96. The summed E-state index contributed by atoms with van der Waals surface area (Å²) in [4.78, 5) is 12.2. The van der Waals surface area contributed by atoms with Crippen LogP contribution in [0.4, 0.5) is 0 Å². The molecule has 0 aromatic heterocycles. The van der Waals surface area contributed by atoms with E-state index >= 15 is 0 Å². The van der Waals surface area contributed by atoms with Gasteiger partial charge in [-0.3, -0.25) is 4.79 Å². The second-order valence-electron chi connectivity index (χ2n) is 6.20. The molecule has 5 heteroatoms. The number of methoxy groups -OCH3 is 1. The highest BCUT2D eigenvalue weighted by atomic mass is 16.5. The topological polar surface area (TPSA) is 59.9 Å². The van der Waals surface area contributed by atoms with E-state index in [0.717, 1.165) is 16.7 Å². The second kappa shape index (κ2) is 9.37. The van der Waals surface area contributed by atoms with Crippen molar-refractivity contribution in [1.29, 1.82) is 0 Å². The first-order valence-electron chi connectivity index (χ1n) is 8.91. The summed E-state index contributed by atoms with van der Waals surface area (Å²) in [5.41, 5.74) is 5.91. The van der Waals surface area contributed by atoms with Crippen molar-refractivity contribution in [1.82, 2.24) is 5.43 Å². The Morgan fingerprint density at radius 3 is 2.50 bits per heavy atom. The first kappa shape index (κ1) is 19.2. The van der Waals surface area contributed by atoms with E-state index in [1.165, 1.54) is 0 Å². The molecule has 0 atom stereocenters. The number of ether oxygens (including phenoxy) is 2. The minimum absolute atomic E-state index is 0.246. The van der Waals surface area contributed by atoms with Gasteiger partial charge in [0.15, 0.2) is 11.5 Å². The quantitative estimate of drug-likeness (QED) is 0.494. The fourth-order valence-electron chi connectivity index (χ4n) is 2.67. The summed E-state index contributed by atoms with van der Waals surface area (Å²) in [6.45, 7) is 2.34. The van der Waals surface area contributed by atoms with Gasteiger partial charge in [-0.05, 0) is 47.9 Å². The van der Waals surface area contributed by atoms with E-state index in [0.29, 0.717) is 23.7 Å². The van der Waals surface area contributed by atoms with Crippen LogP contribution >= 0.6 is 0 Å². The smallest absolute Gasteiger partial charge is 0.271 e. The Labute approximate surface area is 164 Å². The van der Waals surface area contributed by atoms with Gasteiger partial charge in [0.1, 0.15) is 6.61 Å². The molecule has 3 aromatic carbocycles. The molecule has 0 radical (unpaired) electrons. The monoisotopic (exact) mass is 374 g/mol. The van der Waals surface area contributed by atoms with Crippen molar-refractivity contribution in [2.45, 2.75) is 13.5 Å². The number of nitrogens with zero attached hydrogens (tertiary/aromatic N) is 1. The van der Waals surface area contributed by atoms with E-state index in [9.17, 15) is 4.79 Å². The van der Waals surface area contributed by atoms with Gasteiger partial charge in [0.25, 0.3) is 5.91 Å². The Balaban J connectivity index is 1.63. The zero-order chi connectivity index (χ0) is 19.8. The Hall–Kier alpha value is -3.60. The van der Waals surface area contributed by atoms with Gasteiger partial charge in [0.2, 0.25) is 0 Å². The van der Waals surface area contributed by atoms with E-state index in [2.05, 4.69) is 10.5 Å². The standard InChI is InChI=1S/C23H22N2O3/c1-17-8-6-7-11-20(17)23(26)25-24-15-19-12-13-21(22(14-19)27-2)28-16-18-9-4-3-5-10-18/h3-15H,16H2,1-2H3,(H,25,26)/b24-15+. The minimum Gasteiger partial charge on any atom is -0.493 e. The molecule has 0 bridgehead atoms. The van der Waals surface area contributed by atoms with Crippen LogP contribution in [0.2, 0.25) is 0 Å². The van der Waals surface area contributed by atoms with Crippen molar-refractivity contribution in [3.63, 3.8) is 0 Å². The SMILES string of the molecule is COc1cc(/C=N/NC(=O)c2ccccc2C)ccc1OCc1ccccc1.